The molecule has 0 aromatic heterocycles. The average molecular weight is 366 g/mol. The molecule has 1 amide bonds. The van der Waals surface area contributed by atoms with Crippen LogP contribution in [0.25, 0.3) is 0 Å². The Hall–Kier alpha value is -2.09. The molecule has 126 valence electrons. The molecule has 2 aromatic carbocycles. The van der Waals surface area contributed by atoms with Crippen LogP contribution in [-0.4, -0.2) is 20.5 Å². The van der Waals surface area contributed by atoms with Gasteiger partial charge in [-0.2, -0.15) is 4.72 Å². The predicted molar refractivity (Wildman–Crippen MR) is 93.7 cm³/mol. The minimum absolute atomic E-state index is 0.121. The topological polar surface area (TPSA) is 87.3 Å². The summed E-state index contributed by atoms with van der Waals surface area (Å²) in [6.07, 6.45) is -1.11. The molecule has 1 heterocycles. The summed E-state index contributed by atoms with van der Waals surface area (Å²) in [6, 6.07) is 9.99. The van der Waals surface area contributed by atoms with Gasteiger partial charge in [0.05, 0.1) is 5.69 Å². The van der Waals surface area contributed by atoms with Crippen LogP contribution in [0.2, 0.25) is 5.02 Å². The summed E-state index contributed by atoms with van der Waals surface area (Å²) in [4.78, 5) is 12.5. The molecule has 1 aliphatic heterocycles. The summed E-state index contributed by atoms with van der Waals surface area (Å²) < 4.78 is 26.9. The Morgan fingerprint density at radius 1 is 1.17 bits per heavy atom. The maximum atomic E-state index is 12.4. The van der Waals surface area contributed by atoms with Crippen molar-refractivity contribution in [3.05, 3.63) is 52.5 Å². The molecule has 0 aliphatic carbocycles. The highest BCUT2D eigenvalue weighted by Crippen LogP contribution is 2.27. The second-order valence-corrected chi connectivity index (χ2v) is 7.74. The molecule has 3 rings (SSSR count). The third-order valence-corrected chi connectivity index (χ3v) is 5.59. The minimum Gasteiger partial charge on any atom is -0.360 e. The molecule has 1 aliphatic rings. The molecule has 24 heavy (non-hydrogen) atoms. The molecule has 0 radical (unpaired) electrons. The molecule has 8 heteroatoms. The highest BCUT2D eigenvalue weighted by molar-refractivity contribution is 7.89. The van der Waals surface area contributed by atoms with Crippen LogP contribution in [0.4, 0.5) is 11.4 Å². The van der Waals surface area contributed by atoms with Gasteiger partial charge < -0.3 is 10.6 Å². The van der Waals surface area contributed by atoms with Crippen molar-refractivity contribution >= 4 is 38.9 Å². The first-order chi connectivity index (χ1) is 11.3. The van der Waals surface area contributed by atoms with Gasteiger partial charge in [0.15, 0.2) is 6.17 Å². The van der Waals surface area contributed by atoms with Crippen molar-refractivity contribution in [1.82, 2.24) is 4.72 Å². The number of carbonyl (C=O) groups excluding carboxylic acids is 1. The van der Waals surface area contributed by atoms with Crippen molar-refractivity contribution in [2.24, 2.45) is 0 Å². The molecular weight excluding hydrogens is 350 g/mol. The van der Waals surface area contributed by atoms with Crippen LogP contribution in [0, 0.1) is 13.8 Å². The lowest BCUT2D eigenvalue weighted by atomic mass is 10.2. The van der Waals surface area contributed by atoms with Gasteiger partial charge >= 0.3 is 0 Å². The quantitative estimate of drug-likeness (QED) is 0.763. The number of benzene rings is 2. The molecule has 0 saturated carbocycles. The smallest absolute Gasteiger partial charge is 0.262 e. The summed E-state index contributed by atoms with van der Waals surface area (Å²) in [7, 11) is -3.76. The number of anilines is 2. The van der Waals surface area contributed by atoms with E-state index in [9.17, 15) is 13.2 Å². The van der Waals surface area contributed by atoms with E-state index >= 15 is 0 Å². The monoisotopic (exact) mass is 365 g/mol. The third-order valence-electron chi connectivity index (χ3n) is 3.70. The van der Waals surface area contributed by atoms with Gasteiger partial charge in [0.2, 0.25) is 10.0 Å². The van der Waals surface area contributed by atoms with E-state index < -0.39 is 22.1 Å². The highest BCUT2D eigenvalue weighted by atomic mass is 35.5. The van der Waals surface area contributed by atoms with Crippen molar-refractivity contribution in [2.45, 2.75) is 24.9 Å². The molecule has 1 atom stereocenters. The lowest BCUT2D eigenvalue weighted by Gasteiger charge is -2.27. The van der Waals surface area contributed by atoms with E-state index in [0.717, 1.165) is 11.1 Å². The maximum absolute atomic E-state index is 12.4. The van der Waals surface area contributed by atoms with Gasteiger partial charge in [0.1, 0.15) is 4.90 Å². The molecule has 2 aromatic rings. The molecule has 6 nitrogen and oxygen atoms in total. The lowest BCUT2D eigenvalue weighted by molar-refractivity contribution is -0.117. The number of hydrogen-bond donors (Lipinski definition) is 3. The van der Waals surface area contributed by atoms with E-state index in [4.69, 9.17) is 11.6 Å². The number of halogens is 1. The maximum Gasteiger partial charge on any atom is 0.262 e. The summed E-state index contributed by atoms with van der Waals surface area (Å²) in [5.74, 6) is -0.523. The van der Waals surface area contributed by atoms with Crippen molar-refractivity contribution in [3.63, 3.8) is 0 Å². The van der Waals surface area contributed by atoms with Crippen molar-refractivity contribution < 1.29 is 13.2 Å². The Kier molecular flexibility index (Phi) is 4.25. The molecule has 0 unspecified atom stereocenters. The first kappa shape index (κ1) is 16.8. The number of hydrogen-bond acceptors (Lipinski definition) is 4. The Morgan fingerprint density at radius 3 is 2.62 bits per heavy atom. The molecule has 0 fully saturated rings. The zero-order valence-corrected chi connectivity index (χ0v) is 14.6. The van der Waals surface area contributed by atoms with Gasteiger partial charge in [-0.3, -0.25) is 4.79 Å². The Bertz CT molecular complexity index is 928. The van der Waals surface area contributed by atoms with E-state index in [1.165, 1.54) is 6.07 Å². The molecule has 3 N–H and O–H groups in total. The van der Waals surface area contributed by atoms with Crippen LogP contribution in [0.15, 0.2) is 41.3 Å². The van der Waals surface area contributed by atoms with E-state index in [0.29, 0.717) is 16.4 Å². The Balaban J connectivity index is 1.85. The average Bonchev–Trinajstić information content (AvgIpc) is 2.49. The van der Waals surface area contributed by atoms with E-state index in [1.807, 2.05) is 13.8 Å². The largest absolute Gasteiger partial charge is 0.360 e. The van der Waals surface area contributed by atoms with Crippen LogP contribution >= 0.6 is 11.6 Å². The number of carbonyl (C=O) groups is 1. The van der Waals surface area contributed by atoms with Crippen molar-refractivity contribution in [3.8, 4) is 0 Å². The van der Waals surface area contributed by atoms with E-state index in [-0.39, 0.29) is 4.90 Å². The number of aryl methyl sites for hydroxylation is 2. The van der Waals surface area contributed by atoms with E-state index in [1.54, 1.807) is 30.3 Å². The zero-order valence-electron chi connectivity index (χ0n) is 13.1. The second-order valence-electron chi connectivity index (χ2n) is 5.65. The number of rotatable bonds is 2. The summed E-state index contributed by atoms with van der Waals surface area (Å²) in [5.41, 5.74) is 2.67. The fourth-order valence-electron chi connectivity index (χ4n) is 2.40. The number of amides is 1. The Morgan fingerprint density at radius 2 is 1.92 bits per heavy atom. The molecular formula is C16H16ClN3O3S. The van der Waals surface area contributed by atoms with Crippen LogP contribution in [-0.2, 0) is 14.8 Å². The fourth-order valence-corrected chi connectivity index (χ4v) is 3.84. The van der Waals surface area contributed by atoms with Crippen molar-refractivity contribution in [2.75, 3.05) is 10.6 Å². The zero-order chi connectivity index (χ0) is 17.5. The SMILES string of the molecule is Cc1ccc2c(c1)N[C@@H](C(=O)Nc1ccc(C)c(Cl)c1)NS2(=O)=O. The summed E-state index contributed by atoms with van der Waals surface area (Å²) >= 11 is 6.03. The Labute approximate surface area is 145 Å². The van der Waals surface area contributed by atoms with Gasteiger partial charge in [-0.25, -0.2) is 8.42 Å². The minimum atomic E-state index is -3.76. The standard InChI is InChI=1S/C16H16ClN3O3S/c1-9-3-6-14-13(7-9)19-15(20-24(14,22)23)16(21)18-11-5-4-10(2)12(17)8-11/h3-8,15,19-20H,1-2H3,(H,18,21)/t15-/m1/s1. The normalized spacial score (nSPS) is 18.4. The van der Waals surface area contributed by atoms with Gasteiger partial charge in [-0.05, 0) is 49.2 Å². The molecule has 0 spiro atoms. The fraction of sp³-hybridized carbons (Fsp3) is 0.188. The van der Waals surface area contributed by atoms with Gasteiger partial charge in [-0.1, -0.05) is 23.7 Å². The predicted octanol–water partition coefficient (Wildman–Crippen LogP) is 2.63. The van der Waals surface area contributed by atoms with Crippen LogP contribution in [0.5, 0.6) is 0 Å². The summed E-state index contributed by atoms with van der Waals surface area (Å²) in [6.45, 7) is 3.70. The number of sulfonamides is 1. The first-order valence-corrected chi connectivity index (χ1v) is 9.09. The second kappa shape index (κ2) is 6.08. The van der Waals surface area contributed by atoms with Gasteiger partial charge in [0, 0.05) is 10.7 Å². The third kappa shape index (κ3) is 3.24. The van der Waals surface area contributed by atoms with Crippen LogP contribution in [0.3, 0.4) is 0 Å². The van der Waals surface area contributed by atoms with Gasteiger partial charge in [-0.15, -0.1) is 0 Å². The number of fused-ring (bicyclic) bond motifs is 1. The summed E-state index contributed by atoms with van der Waals surface area (Å²) in [5, 5.41) is 6.07. The number of nitrogens with one attached hydrogen (secondary N) is 3. The van der Waals surface area contributed by atoms with E-state index in [2.05, 4.69) is 15.4 Å². The van der Waals surface area contributed by atoms with Crippen LogP contribution < -0.4 is 15.4 Å². The highest BCUT2D eigenvalue weighted by Gasteiger charge is 2.33. The van der Waals surface area contributed by atoms with Crippen LogP contribution in [0.1, 0.15) is 11.1 Å². The van der Waals surface area contributed by atoms with Crippen molar-refractivity contribution in [1.29, 1.82) is 0 Å². The molecule has 0 saturated heterocycles. The first-order valence-electron chi connectivity index (χ1n) is 7.23. The molecule has 0 bridgehead atoms. The lowest BCUT2D eigenvalue weighted by Crippen LogP contribution is -2.51. The van der Waals surface area contributed by atoms with Gasteiger partial charge in [0.25, 0.3) is 5.91 Å².